The van der Waals surface area contributed by atoms with Gasteiger partial charge in [0.05, 0.1) is 0 Å². The summed E-state index contributed by atoms with van der Waals surface area (Å²) >= 11 is 0. The summed E-state index contributed by atoms with van der Waals surface area (Å²) in [6.07, 6.45) is 1.64. The maximum Gasteiger partial charge on any atom is 0.182 e. The third kappa shape index (κ3) is 2810. The summed E-state index contributed by atoms with van der Waals surface area (Å²) in [6.45, 7) is 3.14. The molecule has 0 fully saturated rings. The Bertz CT molecular complexity index is 54.7. The molecule has 0 saturated heterocycles. The Morgan fingerprint density at radius 2 is 1.43 bits per heavy atom. The molecule has 0 bridgehead atoms. The van der Waals surface area contributed by atoms with Crippen LogP contribution < -0.4 is 5.73 Å². The van der Waals surface area contributed by atoms with Gasteiger partial charge in [0.25, 0.3) is 0 Å². The van der Waals surface area contributed by atoms with E-state index in [1.807, 2.05) is 0 Å². The lowest BCUT2D eigenvalue weighted by molar-refractivity contribution is -0.122. The van der Waals surface area contributed by atoms with Crippen LogP contribution in [0.3, 0.4) is 0 Å². The predicted octanol–water partition coefficient (Wildman–Crippen LogP) is -0.527. The van der Waals surface area contributed by atoms with Gasteiger partial charge in [0, 0.05) is 0 Å². The molecule has 0 aliphatic heterocycles. The first-order valence-electron chi connectivity index (χ1n) is 1.55. The van der Waals surface area contributed by atoms with E-state index in [1.54, 1.807) is 0 Å². The zero-order valence-corrected chi connectivity index (χ0v) is 3.83. The number of hydrogen-bond donors (Lipinski definition) is 1. The van der Waals surface area contributed by atoms with Crippen molar-refractivity contribution in [3.63, 3.8) is 0 Å². The summed E-state index contributed by atoms with van der Waals surface area (Å²) < 4.78 is 0. The lowest BCUT2D eigenvalue weighted by atomic mass is 10.9. The van der Waals surface area contributed by atoms with E-state index in [9.17, 15) is 0 Å². The van der Waals surface area contributed by atoms with Crippen LogP contribution in [0.15, 0.2) is 12.8 Å². The standard InChI is InChI=1S/C2H5N.C2H2O2/c1-2-3;3-1-2-4/h2H,1,3H2;1-2H. The predicted molar refractivity (Wildman–Crippen MR) is 26.5 cm³/mol. The molecule has 0 aromatic heterocycles. The lowest BCUT2D eigenvalue weighted by Gasteiger charge is -1.40. The van der Waals surface area contributed by atoms with E-state index in [1.165, 1.54) is 6.20 Å². The summed E-state index contributed by atoms with van der Waals surface area (Å²) in [5.74, 6) is 0. The average Bonchev–Trinajstić information content (AvgIpc) is 1.69. The van der Waals surface area contributed by atoms with Crippen LogP contribution >= 0.6 is 0 Å². The molecule has 3 nitrogen and oxygen atoms in total. The fourth-order valence-corrected chi connectivity index (χ4v) is 0. The Morgan fingerprint density at radius 1 is 1.29 bits per heavy atom. The molecular formula is C4H7NO2. The molecule has 0 heterocycles. The molecule has 3 heteroatoms. The highest BCUT2D eigenvalue weighted by Gasteiger charge is 1.47. The Hall–Kier alpha value is -1.12. The summed E-state index contributed by atoms with van der Waals surface area (Å²) in [5, 5.41) is 0. The van der Waals surface area contributed by atoms with Crippen molar-refractivity contribution in [1.29, 1.82) is 0 Å². The first-order chi connectivity index (χ1) is 3.33. The van der Waals surface area contributed by atoms with Gasteiger partial charge in [0.1, 0.15) is 0 Å². The van der Waals surface area contributed by atoms with Crippen LogP contribution in [0.25, 0.3) is 0 Å². The van der Waals surface area contributed by atoms with Gasteiger partial charge in [-0.05, 0) is 6.20 Å². The van der Waals surface area contributed by atoms with Crippen molar-refractivity contribution in [3.8, 4) is 0 Å². The number of carbonyl (C=O) groups excluding carboxylic acids is 2. The highest BCUT2D eigenvalue weighted by molar-refractivity contribution is 6.09. The fraction of sp³-hybridized carbons (Fsp3) is 0. The molecular weight excluding hydrogens is 94.0 g/mol. The Morgan fingerprint density at radius 3 is 1.43 bits per heavy atom. The zero-order valence-electron chi connectivity index (χ0n) is 3.83. The van der Waals surface area contributed by atoms with Crippen molar-refractivity contribution >= 4 is 12.6 Å². The van der Waals surface area contributed by atoms with Gasteiger partial charge in [-0.15, -0.1) is 0 Å². The molecule has 0 aliphatic rings. The molecule has 0 aromatic rings. The second kappa shape index (κ2) is 20.8. The summed E-state index contributed by atoms with van der Waals surface area (Å²) in [5.41, 5.74) is 4.61. The van der Waals surface area contributed by atoms with Crippen molar-refractivity contribution in [2.45, 2.75) is 0 Å². The molecule has 40 valence electrons. The minimum atomic E-state index is 0.194. The van der Waals surface area contributed by atoms with E-state index in [4.69, 9.17) is 9.59 Å². The van der Waals surface area contributed by atoms with E-state index in [2.05, 4.69) is 12.3 Å². The molecule has 0 amide bonds. The van der Waals surface area contributed by atoms with Crippen LogP contribution in [0.5, 0.6) is 0 Å². The Balaban J connectivity index is 0. The van der Waals surface area contributed by atoms with E-state index in [0.29, 0.717) is 0 Å². The second-order valence-electron chi connectivity index (χ2n) is 0.508. The van der Waals surface area contributed by atoms with Gasteiger partial charge in [-0.2, -0.15) is 0 Å². The molecule has 0 saturated carbocycles. The van der Waals surface area contributed by atoms with Crippen LogP contribution in [0.4, 0.5) is 0 Å². The third-order valence-electron chi connectivity index (χ3n) is 0.0556. The van der Waals surface area contributed by atoms with Crippen LogP contribution in [-0.2, 0) is 9.59 Å². The number of aldehydes is 2. The highest BCUT2D eigenvalue weighted by Crippen LogP contribution is 1.13. The average molecular weight is 101 g/mol. The van der Waals surface area contributed by atoms with Gasteiger partial charge >= 0.3 is 0 Å². The minimum absolute atomic E-state index is 0.194. The lowest BCUT2D eigenvalue weighted by Crippen LogP contribution is -1.67. The maximum absolute atomic E-state index is 8.81. The van der Waals surface area contributed by atoms with Gasteiger partial charge in [-0.3, -0.25) is 9.59 Å². The Kier molecular flexibility index (Phi) is 27.6. The summed E-state index contributed by atoms with van der Waals surface area (Å²) in [4.78, 5) is 17.6. The normalized spacial score (nSPS) is 4.57. The number of hydrogen-bond acceptors (Lipinski definition) is 3. The van der Waals surface area contributed by atoms with E-state index in [0.717, 1.165) is 0 Å². The molecule has 0 atom stereocenters. The molecule has 7 heavy (non-hydrogen) atoms. The van der Waals surface area contributed by atoms with Crippen molar-refractivity contribution in [2.24, 2.45) is 5.73 Å². The first-order valence-corrected chi connectivity index (χ1v) is 1.55. The number of carbonyl (C=O) groups is 2. The first kappa shape index (κ1) is 9.30. The summed E-state index contributed by atoms with van der Waals surface area (Å²) in [6, 6.07) is 0. The quantitative estimate of drug-likeness (QED) is 0.357. The van der Waals surface area contributed by atoms with Gasteiger partial charge in [-0.25, -0.2) is 0 Å². The van der Waals surface area contributed by atoms with Crippen molar-refractivity contribution < 1.29 is 9.59 Å². The third-order valence-corrected chi connectivity index (χ3v) is 0.0556. The van der Waals surface area contributed by atoms with Crippen molar-refractivity contribution in [1.82, 2.24) is 0 Å². The zero-order chi connectivity index (χ0) is 6.12. The number of nitrogens with two attached hydrogens (primary N) is 1. The van der Waals surface area contributed by atoms with E-state index < -0.39 is 0 Å². The highest BCUT2D eigenvalue weighted by atomic mass is 16.2. The van der Waals surface area contributed by atoms with Crippen molar-refractivity contribution in [2.75, 3.05) is 0 Å². The molecule has 0 aliphatic carbocycles. The minimum Gasteiger partial charge on any atom is -0.405 e. The second-order valence-corrected chi connectivity index (χ2v) is 0.508. The van der Waals surface area contributed by atoms with Crippen LogP contribution in [-0.4, -0.2) is 12.6 Å². The molecule has 0 radical (unpaired) electrons. The van der Waals surface area contributed by atoms with Gasteiger partial charge in [-0.1, -0.05) is 6.58 Å². The van der Waals surface area contributed by atoms with Crippen LogP contribution in [0, 0.1) is 0 Å². The molecule has 2 N–H and O–H groups in total. The SMILES string of the molecule is C=CN.O=CC=O. The van der Waals surface area contributed by atoms with Gasteiger partial charge in [0.2, 0.25) is 0 Å². The molecule has 0 aromatic carbocycles. The van der Waals surface area contributed by atoms with E-state index in [-0.39, 0.29) is 12.6 Å². The topological polar surface area (TPSA) is 60.2 Å². The molecule has 0 spiro atoms. The van der Waals surface area contributed by atoms with Crippen LogP contribution in [0.2, 0.25) is 0 Å². The van der Waals surface area contributed by atoms with Crippen molar-refractivity contribution in [3.05, 3.63) is 12.8 Å². The fourth-order valence-electron chi connectivity index (χ4n) is 0. The summed E-state index contributed by atoms with van der Waals surface area (Å²) in [7, 11) is 0. The smallest absolute Gasteiger partial charge is 0.182 e. The Labute approximate surface area is 41.8 Å². The van der Waals surface area contributed by atoms with Gasteiger partial charge < -0.3 is 5.73 Å². The molecule has 0 rings (SSSR count). The molecule has 0 unspecified atom stereocenters. The largest absolute Gasteiger partial charge is 0.405 e. The number of rotatable bonds is 1. The van der Waals surface area contributed by atoms with E-state index >= 15 is 0 Å². The maximum atomic E-state index is 8.81. The van der Waals surface area contributed by atoms with Gasteiger partial charge in [0.15, 0.2) is 12.6 Å². The monoisotopic (exact) mass is 101 g/mol. The van der Waals surface area contributed by atoms with Crippen LogP contribution in [0.1, 0.15) is 0 Å².